The van der Waals surface area contributed by atoms with Crippen molar-refractivity contribution >= 4 is 23.2 Å². The van der Waals surface area contributed by atoms with E-state index in [0.717, 1.165) is 6.08 Å². The number of aromatic nitrogens is 1. The van der Waals surface area contributed by atoms with Gasteiger partial charge in [-0.05, 0) is 43.3 Å². The number of pyridine rings is 1. The normalized spacial score (nSPS) is 17.2. The quantitative estimate of drug-likeness (QED) is 0.538. The fourth-order valence-corrected chi connectivity index (χ4v) is 2.87. The lowest BCUT2D eigenvalue weighted by molar-refractivity contribution is -0.142. The van der Waals surface area contributed by atoms with E-state index < -0.39 is 36.3 Å². The smallest absolute Gasteiger partial charge is 0.338 e. The van der Waals surface area contributed by atoms with Gasteiger partial charge in [-0.15, -0.1) is 0 Å². The van der Waals surface area contributed by atoms with Gasteiger partial charge in [-0.3, -0.25) is 14.6 Å². The molecule has 0 bridgehead atoms. The molecule has 2 aromatic rings. The average Bonchev–Trinajstić information content (AvgIpc) is 2.75. The zero-order chi connectivity index (χ0) is 20.8. The second-order valence-corrected chi connectivity index (χ2v) is 6.21. The first-order valence-corrected chi connectivity index (χ1v) is 9.04. The van der Waals surface area contributed by atoms with Gasteiger partial charge in [-0.25, -0.2) is 4.79 Å². The molecule has 8 heteroatoms. The SMILES string of the molecule is CCOC(=O)c1ccc(NC(c2ccccn2)C2OC(CO)=CC(=O)C2=O)cc1. The number of esters is 1. The van der Waals surface area contributed by atoms with Crippen LogP contribution in [0.15, 0.2) is 60.5 Å². The number of allylic oxidation sites excluding steroid dienone is 1. The summed E-state index contributed by atoms with van der Waals surface area (Å²) in [7, 11) is 0. The first kappa shape index (κ1) is 20.2. The predicted octanol–water partition coefficient (Wildman–Crippen LogP) is 1.82. The van der Waals surface area contributed by atoms with Crippen molar-refractivity contribution in [1.82, 2.24) is 4.98 Å². The predicted molar refractivity (Wildman–Crippen MR) is 103 cm³/mol. The van der Waals surface area contributed by atoms with E-state index in [9.17, 15) is 19.5 Å². The van der Waals surface area contributed by atoms with Crippen molar-refractivity contribution in [2.75, 3.05) is 18.5 Å². The number of nitrogens with one attached hydrogen (secondary N) is 1. The molecule has 2 atom stereocenters. The number of nitrogens with zero attached hydrogens (tertiary/aromatic N) is 1. The van der Waals surface area contributed by atoms with Gasteiger partial charge in [0, 0.05) is 18.0 Å². The van der Waals surface area contributed by atoms with Gasteiger partial charge in [0.1, 0.15) is 18.4 Å². The molecule has 150 valence electrons. The molecule has 2 N–H and O–H groups in total. The minimum Gasteiger partial charge on any atom is -0.481 e. The summed E-state index contributed by atoms with van der Waals surface area (Å²) in [4.78, 5) is 40.6. The average molecular weight is 396 g/mol. The zero-order valence-electron chi connectivity index (χ0n) is 15.7. The highest BCUT2D eigenvalue weighted by Gasteiger charge is 2.39. The minimum absolute atomic E-state index is 0.0139. The lowest BCUT2D eigenvalue weighted by Crippen LogP contribution is -2.42. The number of anilines is 1. The second kappa shape index (κ2) is 9.11. The van der Waals surface area contributed by atoms with Crippen molar-refractivity contribution < 1.29 is 29.0 Å². The lowest BCUT2D eigenvalue weighted by Gasteiger charge is -2.30. The fraction of sp³-hybridized carbons (Fsp3) is 0.238. The second-order valence-electron chi connectivity index (χ2n) is 6.21. The molecule has 1 aliphatic rings. The Morgan fingerprint density at radius 3 is 2.62 bits per heavy atom. The number of hydrogen-bond donors (Lipinski definition) is 2. The first-order chi connectivity index (χ1) is 14.0. The molecular formula is C21H20N2O6. The van der Waals surface area contributed by atoms with Crippen LogP contribution in [0.5, 0.6) is 0 Å². The van der Waals surface area contributed by atoms with E-state index in [1.54, 1.807) is 55.6 Å². The number of ketones is 2. The molecule has 0 fully saturated rings. The van der Waals surface area contributed by atoms with E-state index in [2.05, 4.69) is 10.3 Å². The zero-order valence-corrected chi connectivity index (χ0v) is 15.7. The highest BCUT2D eigenvalue weighted by Crippen LogP contribution is 2.28. The van der Waals surface area contributed by atoms with Gasteiger partial charge in [-0.2, -0.15) is 0 Å². The van der Waals surface area contributed by atoms with Gasteiger partial charge < -0.3 is 19.9 Å². The number of benzene rings is 1. The Hall–Kier alpha value is -3.52. The molecule has 0 saturated heterocycles. The Balaban J connectivity index is 1.89. The van der Waals surface area contributed by atoms with Gasteiger partial charge in [0.05, 0.1) is 17.9 Å². The molecule has 0 aliphatic carbocycles. The molecule has 1 aliphatic heterocycles. The van der Waals surface area contributed by atoms with Crippen molar-refractivity contribution in [3.05, 3.63) is 71.8 Å². The lowest BCUT2D eigenvalue weighted by atomic mass is 9.97. The molecule has 8 nitrogen and oxygen atoms in total. The largest absolute Gasteiger partial charge is 0.481 e. The molecule has 29 heavy (non-hydrogen) atoms. The number of aliphatic hydroxyl groups is 1. The van der Waals surface area contributed by atoms with Crippen molar-refractivity contribution in [2.24, 2.45) is 0 Å². The van der Waals surface area contributed by atoms with Gasteiger partial charge in [0.2, 0.25) is 11.6 Å². The molecule has 1 aromatic carbocycles. The van der Waals surface area contributed by atoms with Gasteiger partial charge in [0.15, 0.2) is 6.10 Å². The molecule has 0 amide bonds. The van der Waals surface area contributed by atoms with Crippen LogP contribution in [-0.4, -0.2) is 46.9 Å². The summed E-state index contributed by atoms with van der Waals surface area (Å²) in [6.45, 7) is 1.50. The number of ether oxygens (including phenoxy) is 2. The Labute approximate surface area is 167 Å². The van der Waals surface area contributed by atoms with Crippen LogP contribution < -0.4 is 5.32 Å². The molecular weight excluding hydrogens is 376 g/mol. The number of carbonyl (C=O) groups is 3. The third-order valence-electron chi connectivity index (χ3n) is 4.25. The highest BCUT2D eigenvalue weighted by atomic mass is 16.5. The van der Waals surface area contributed by atoms with Crippen molar-refractivity contribution in [3.63, 3.8) is 0 Å². The summed E-state index contributed by atoms with van der Waals surface area (Å²) >= 11 is 0. The summed E-state index contributed by atoms with van der Waals surface area (Å²) in [5.41, 5.74) is 1.45. The van der Waals surface area contributed by atoms with Crippen LogP contribution in [0, 0.1) is 0 Å². The molecule has 2 heterocycles. The van der Waals surface area contributed by atoms with E-state index in [4.69, 9.17) is 9.47 Å². The fourth-order valence-electron chi connectivity index (χ4n) is 2.87. The van der Waals surface area contributed by atoms with Gasteiger partial charge in [-0.1, -0.05) is 6.07 Å². The van der Waals surface area contributed by atoms with Crippen LogP contribution in [-0.2, 0) is 19.1 Å². The van der Waals surface area contributed by atoms with E-state index in [0.29, 0.717) is 16.9 Å². The number of rotatable bonds is 7. The summed E-state index contributed by atoms with van der Waals surface area (Å²) in [5.74, 6) is -1.91. The van der Waals surface area contributed by atoms with E-state index in [1.165, 1.54) is 0 Å². The molecule has 3 rings (SSSR count). The summed E-state index contributed by atoms with van der Waals surface area (Å²) in [6, 6.07) is 10.9. The number of Topliss-reactive ketones (excluding diaryl/α,β-unsaturated/α-hetero) is 1. The maximum atomic E-state index is 12.5. The topological polar surface area (TPSA) is 115 Å². The van der Waals surface area contributed by atoms with Crippen LogP contribution in [0.3, 0.4) is 0 Å². The van der Waals surface area contributed by atoms with Crippen LogP contribution >= 0.6 is 0 Å². The molecule has 0 spiro atoms. The Kier molecular flexibility index (Phi) is 6.36. The summed E-state index contributed by atoms with van der Waals surface area (Å²) in [5, 5.41) is 12.5. The van der Waals surface area contributed by atoms with Crippen molar-refractivity contribution in [2.45, 2.75) is 19.1 Å². The third kappa shape index (κ3) is 4.67. The third-order valence-corrected chi connectivity index (χ3v) is 4.25. The Morgan fingerprint density at radius 1 is 1.24 bits per heavy atom. The summed E-state index contributed by atoms with van der Waals surface area (Å²) in [6.07, 6.45) is 1.35. The van der Waals surface area contributed by atoms with Gasteiger partial charge >= 0.3 is 5.97 Å². The monoisotopic (exact) mass is 396 g/mol. The standard InChI is InChI=1S/C21H20N2O6/c1-2-28-21(27)13-6-8-14(9-7-13)23-18(16-5-3-4-10-22-16)20-19(26)17(25)11-15(12-24)29-20/h3-11,18,20,23-24H,2,12H2,1H3. The number of carbonyl (C=O) groups excluding carboxylic acids is 3. The Morgan fingerprint density at radius 2 is 2.00 bits per heavy atom. The van der Waals surface area contributed by atoms with E-state index >= 15 is 0 Å². The molecule has 0 radical (unpaired) electrons. The van der Waals surface area contributed by atoms with Crippen LogP contribution in [0.25, 0.3) is 0 Å². The number of aliphatic hydroxyl groups excluding tert-OH is 1. The van der Waals surface area contributed by atoms with E-state index in [1.807, 2.05) is 0 Å². The maximum Gasteiger partial charge on any atom is 0.338 e. The van der Waals surface area contributed by atoms with Crippen molar-refractivity contribution in [1.29, 1.82) is 0 Å². The van der Waals surface area contributed by atoms with Crippen molar-refractivity contribution in [3.8, 4) is 0 Å². The molecule has 0 saturated carbocycles. The minimum atomic E-state index is -1.20. The van der Waals surface area contributed by atoms with E-state index in [-0.39, 0.29) is 12.4 Å². The maximum absolute atomic E-state index is 12.5. The molecule has 1 aromatic heterocycles. The highest BCUT2D eigenvalue weighted by molar-refractivity contribution is 6.44. The van der Waals surface area contributed by atoms with Crippen LogP contribution in [0.4, 0.5) is 5.69 Å². The molecule has 2 unspecified atom stereocenters. The van der Waals surface area contributed by atoms with Crippen LogP contribution in [0.1, 0.15) is 29.0 Å². The first-order valence-electron chi connectivity index (χ1n) is 9.04. The van der Waals surface area contributed by atoms with Crippen LogP contribution in [0.2, 0.25) is 0 Å². The Bertz CT molecular complexity index is 924. The number of hydrogen-bond acceptors (Lipinski definition) is 8. The summed E-state index contributed by atoms with van der Waals surface area (Å²) < 4.78 is 10.5. The van der Waals surface area contributed by atoms with Gasteiger partial charge in [0.25, 0.3) is 0 Å².